The third-order valence-corrected chi connectivity index (χ3v) is 4.80. The quantitative estimate of drug-likeness (QED) is 0.706. The van der Waals surface area contributed by atoms with Crippen LogP contribution in [-0.2, 0) is 11.8 Å². The average Bonchev–Trinajstić information content (AvgIpc) is 3.15. The molecule has 0 bridgehead atoms. The topological polar surface area (TPSA) is 85.8 Å². The van der Waals surface area contributed by atoms with E-state index in [1.165, 1.54) is 17.3 Å². The van der Waals surface area contributed by atoms with Gasteiger partial charge in [-0.25, -0.2) is 0 Å². The summed E-state index contributed by atoms with van der Waals surface area (Å²) in [5, 5.41) is 15.2. The molecule has 0 aliphatic rings. The molecule has 0 fully saturated rings. The first-order chi connectivity index (χ1) is 11.9. The van der Waals surface area contributed by atoms with Crippen LogP contribution in [0.5, 0.6) is 0 Å². The lowest BCUT2D eigenvalue weighted by Crippen LogP contribution is -2.22. The molecule has 1 atom stereocenters. The Bertz CT molecular complexity index is 885. The lowest BCUT2D eigenvalue weighted by molar-refractivity contribution is -0.115. The molecule has 3 rings (SSSR count). The average molecular weight is 357 g/mol. The van der Waals surface area contributed by atoms with Crippen molar-refractivity contribution in [1.29, 1.82) is 0 Å². The van der Waals surface area contributed by atoms with E-state index < -0.39 is 0 Å². The minimum absolute atomic E-state index is 0.180. The van der Waals surface area contributed by atoms with Gasteiger partial charge in [0.2, 0.25) is 11.8 Å². The van der Waals surface area contributed by atoms with E-state index in [2.05, 4.69) is 20.7 Å². The number of carbonyl (C=O) groups is 1. The number of amides is 1. The Balaban J connectivity index is 1.70. The Hall–Kier alpha value is -2.61. The van der Waals surface area contributed by atoms with Crippen LogP contribution in [0.3, 0.4) is 0 Å². The molecule has 0 spiro atoms. The zero-order valence-corrected chi connectivity index (χ0v) is 15.3. The van der Waals surface area contributed by atoms with Gasteiger partial charge in [0, 0.05) is 18.7 Å². The van der Waals surface area contributed by atoms with E-state index >= 15 is 0 Å². The first-order valence-electron chi connectivity index (χ1n) is 7.81. The van der Waals surface area contributed by atoms with E-state index in [1.54, 1.807) is 13.0 Å². The Morgan fingerprint density at radius 2 is 1.96 bits per heavy atom. The summed E-state index contributed by atoms with van der Waals surface area (Å²) in [6.45, 7) is 5.64. The van der Waals surface area contributed by atoms with E-state index in [-0.39, 0.29) is 11.2 Å². The van der Waals surface area contributed by atoms with Crippen LogP contribution in [0.15, 0.2) is 40.0 Å². The predicted molar refractivity (Wildman–Crippen MR) is 96.4 cm³/mol. The van der Waals surface area contributed by atoms with E-state index in [1.807, 2.05) is 49.7 Å². The highest BCUT2D eigenvalue weighted by molar-refractivity contribution is 8.00. The van der Waals surface area contributed by atoms with Crippen molar-refractivity contribution in [2.24, 2.45) is 7.05 Å². The number of anilines is 1. The summed E-state index contributed by atoms with van der Waals surface area (Å²) >= 11 is 1.34. The first kappa shape index (κ1) is 17.2. The molecule has 25 heavy (non-hydrogen) atoms. The van der Waals surface area contributed by atoms with Gasteiger partial charge >= 0.3 is 0 Å². The lowest BCUT2D eigenvalue weighted by atomic mass is 10.1. The van der Waals surface area contributed by atoms with E-state index in [9.17, 15) is 4.79 Å². The molecule has 7 nitrogen and oxygen atoms in total. The largest absolute Gasteiger partial charge is 0.338 e. The van der Waals surface area contributed by atoms with Crippen LogP contribution >= 0.6 is 11.8 Å². The van der Waals surface area contributed by atoms with Crippen molar-refractivity contribution in [3.05, 3.63) is 41.6 Å². The van der Waals surface area contributed by atoms with Crippen molar-refractivity contribution in [1.82, 2.24) is 19.9 Å². The number of hydrogen-bond acceptors (Lipinski definition) is 6. The highest BCUT2D eigenvalue weighted by atomic mass is 32.2. The number of carbonyl (C=O) groups excluding carboxylic acids is 1. The SMILES string of the molecule is Cc1ccc(-c2nnc(S[C@H](C)C(=O)Nc3cc(C)no3)n2C)cc1. The van der Waals surface area contributed by atoms with Crippen LogP contribution in [0.2, 0.25) is 0 Å². The van der Waals surface area contributed by atoms with Gasteiger partial charge in [-0.3, -0.25) is 10.1 Å². The summed E-state index contributed by atoms with van der Waals surface area (Å²) < 4.78 is 6.89. The third-order valence-electron chi connectivity index (χ3n) is 3.67. The maximum Gasteiger partial charge on any atom is 0.240 e. The van der Waals surface area contributed by atoms with Crippen molar-refractivity contribution < 1.29 is 9.32 Å². The normalized spacial score (nSPS) is 12.2. The maximum absolute atomic E-state index is 12.3. The fourth-order valence-corrected chi connectivity index (χ4v) is 3.04. The number of aromatic nitrogens is 4. The maximum atomic E-state index is 12.3. The van der Waals surface area contributed by atoms with Crippen molar-refractivity contribution in [2.75, 3.05) is 5.32 Å². The number of nitrogens with zero attached hydrogens (tertiary/aromatic N) is 4. The first-order valence-corrected chi connectivity index (χ1v) is 8.69. The monoisotopic (exact) mass is 357 g/mol. The highest BCUT2D eigenvalue weighted by Crippen LogP contribution is 2.26. The molecule has 0 unspecified atom stereocenters. The second kappa shape index (κ2) is 7.10. The number of hydrogen-bond donors (Lipinski definition) is 1. The van der Waals surface area contributed by atoms with Gasteiger partial charge < -0.3 is 9.09 Å². The second-order valence-corrected chi connectivity index (χ2v) is 7.12. The van der Waals surface area contributed by atoms with Gasteiger partial charge in [0.1, 0.15) is 0 Å². The molecule has 0 aliphatic heterocycles. The van der Waals surface area contributed by atoms with Crippen molar-refractivity contribution in [3.63, 3.8) is 0 Å². The fraction of sp³-hybridized carbons (Fsp3) is 0.294. The molecule has 0 aliphatic carbocycles. The Labute approximate surface area is 149 Å². The van der Waals surface area contributed by atoms with Crippen LogP contribution in [-0.4, -0.2) is 31.1 Å². The van der Waals surface area contributed by atoms with Crippen LogP contribution in [0.1, 0.15) is 18.2 Å². The smallest absolute Gasteiger partial charge is 0.240 e. The number of nitrogens with one attached hydrogen (secondary N) is 1. The summed E-state index contributed by atoms with van der Waals surface area (Å²) in [6, 6.07) is 9.76. The van der Waals surface area contributed by atoms with Gasteiger partial charge in [0.05, 0.1) is 10.9 Å². The van der Waals surface area contributed by atoms with Crippen molar-refractivity contribution in [2.45, 2.75) is 31.2 Å². The van der Waals surface area contributed by atoms with Crippen molar-refractivity contribution in [3.8, 4) is 11.4 Å². The third kappa shape index (κ3) is 3.90. The van der Waals surface area contributed by atoms with Gasteiger partial charge in [-0.2, -0.15) is 0 Å². The van der Waals surface area contributed by atoms with E-state index in [0.29, 0.717) is 16.7 Å². The Kier molecular flexibility index (Phi) is 4.89. The number of benzene rings is 1. The van der Waals surface area contributed by atoms with Gasteiger partial charge in [-0.1, -0.05) is 46.7 Å². The fourth-order valence-electron chi connectivity index (χ4n) is 2.23. The standard InChI is InChI=1S/C17H19N5O2S/c1-10-5-7-13(8-6-10)15-19-20-17(22(15)4)25-12(3)16(23)18-14-9-11(2)21-24-14/h5-9,12H,1-4H3,(H,18,23)/t12-/m1/s1. The molecule has 3 aromatic rings. The van der Waals surface area contributed by atoms with Gasteiger partial charge in [0.25, 0.3) is 0 Å². The van der Waals surface area contributed by atoms with Gasteiger partial charge in [-0.05, 0) is 20.8 Å². The zero-order chi connectivity index (χ0) is 18.0. The van der Waals surface area contributed by atoms with Crippen LogP contribution < -0.4 is 5.32 Å². The second-order valence-electron chi connectivity index (χ2n) is 5.81. The van der Waals surface area contributed by atoms with Gasteiger partial charge in [0.15, 0.2) is 11.0 Å². The molecular weight excluding hydrogens is 338 g/mol. The molecule has 1 aromatic carbocycles. The van der Waals surface area contributed by atoms with Crippen LogP contribution in [0.25, 0.3) is 11.4 Å². The van der Waals surface area contributed by atoms with E-state index in [4.69, 9.17) is 4.52 Å². The van der Waals surface area contributed by atoms with Crippen LogP contribution in [0.4, 0.5) is 5.88 Å². The molecule has 0 saturated carbocycles. The molecule has 8 heteroatoms. The number of thioether (sulfide) groups is 1. The molecular formula is C17H19N5O2S. The summed E-state index contributed by atoms with van der Waals surface area (Å²) in [6.07, 6.45) is 0. The molecule has 0 saturated heterocycles. The molecule has 2 aromatic heterocycles. The minimum Gasteiger partial charge on any atom is -0.338 e. The van der Waals surface area contributed by atoms with E-state index in [0.717, 1.165) is 11.4 Å². The van der Waals surface area contributed by atoms with Crippen molar-refractivity contribution >= 4 is 23.6 Å². The van der Waals surface area contributed by atoms with Gasteiger partial charge in [-0.15, -0.1) is 10.2 Å². The molecule has 1 amide bonds. The highest BCUT2D eigenvalue weighted by Gasteiger charge is 2.20. The Morgan fingerprint density at radius 1 is 1.24 bits per heavy atom. The lowest BCUT2D eigenvalue weighted by Gasteiger charge is -2.10. The summed E-state index contributed by atoms with van der Waals surface area (Å²) in [5.41, 5.74) is 2.89. The minimum atomic E-state index is -0.362. The Morgan fingerprint density at radius 3 is 2.60 bits per heavy atom. The number of aryl methyl sites for hydroxylation is 2. The zero-order valence-electron chi connectivity index (χ0n) is 14.5. The molecule has 2 heterocycles. The molecule has 130 valence electrons. The number of rotatable bonds is 5. The molecule has 1 N–H and O–H groups in total. The summed E-state index contributed by atoms with van der Waals surface area (Å²) in [7, 11) is 1.89. The summed E-state index contributed by atoms with van der Waals surface area (Å²) in [4.78, 5) is 12.3. The molecule has 0 radical (unpaired) electrons. The van der Waals surface area contributed by atoms with Crippen LogP contribution in [0, 0.1) is 13.8 Å². The summed E-state index contributed by atoms with van der Waals surface area (Å²) in [5.74, 6) is 0.926. The predicted octanol–water partition coefficient (Wildman–Crippen LogP) is 3.21.